The van der Waals surface area contributed by atoms with Crippen molar-refractivity contribution in [3.63, 3.8) is 0 Å². The van der Waals surface area contributed by atoms with E-state index in [2.05, 4.69) is 25.8 Å². The Morgan fingerprint density at radius 2 is 1.94 bits per heavy atom. The van der Waals surface area contributed by atoms with Gasteiger partial charge in [-0.05, 0) is 18.9 Å². The molecule has 192 valence electrons. The summed E-state index contributed by atoms with van der Waals surface area (Å²) in [5, 5.41) is 10.4. The number of aryl methyl sites for hydroxylation is 2. The first-order valence-corrected chi connectivity index (χ1v) is 12.4. The number of hydrogen-bond donors (Lipinski definition) is 2. The van der Waals surface area contributed by atoms with Crippen LogP contribution in [0.1, 0.15) is 81.0 Å². The van der Waals surface area contributed by atoms with E-state index in [4.69, 9.17) is 9.26 Å². The van der Waals surface area contributed by atoms with E-state index >= 15 is 0 Å². The molecule has 3 aromatic rings. The third kappa shape index (κ3) is 5.75. The maximum absolute atomic E-state index is 13.0. The van der Waals surface area contributed by atoms with Gasteiger partial charge in [-0.25, -0.2) is 4.98 Å². The molecular weight excluding hydrogens is 460 g/mol. The van der Waals surface area contributed by atoms with Gasteiger partial charge >= 0.3 is 0 Å². The molecule has 1 atom stereocenters. The van der Waals surface area contributed by atoms with Crippen LogP contribution in [0.2, 0.25) is 0 Å². The monoisotopic (exact) mass is 494 g/mol. The molecule has 0 radical (unpaired) electrons. The summed E-state index contributed by atoms with van der Waals surface area (Å²) in [5.41, 5.74) is 0.202. The van der Waals surface area contributed by atoms with Gasteiger partial charge in [0.15, 0.2) is 5.82 Å². The number of hydrogen-bond acceptors (Lipinski definition) is 7. The summed E-state index contributed by atoms with van der Waals surface area (Å²) in [5.74, 6) is 1.94. The summed E-state index contributed by atoms with van der Waals surface area (Å²) in [4.78, 5) is 34.0. The maximum atomic E-state index is 13.0. The van der Waals surface area contributed by atoms with Crippen molar-refractivity contribution in [1.82, 2.24) is 30.3 Å². The number of aromatic nitrogens is 4. The zero-order chi connectivity index (χ0) is 25.5. The van der Waals surface area contributed by atoms with Gasteiger partial charge in [-0.3, -0.25) is 9.59 Å². The van der Waals surface area contributed by atoms with Gasteiger partial charge in [0.05, 0.1) is 7.11 Å². The highest BCUT2D eigenvalue weighted by molar-refractivity contribution is 5.77. The quantitative estimate of drug-likeness (QED) is 0.437. The number of carbonyl (C=O) groups is 2. The van der Waals surface area contributed by atoms with E-state index in [1.165, 1.54) is 6.92 Å². The molecule has 2 amide bonds. The van der Waals surface area contributed by atoms with Crippen LogP contribution in [0, 0.1) is 0 Å². The molecule has 1 aromatic carbocycles. The molecule has 0 spiro atoms. The summed E-state index contributed by atoms with van der Waals surface area (Å²) >= 11 is 0. The van der Waals surface area contributed by atoms with Crippen LogP contribution >= 0.6 is 0 Å². The van der Waals surface area contributed by atoms with Gasteiger partial charge in [-0.15, -0.1) is 0 Å². The van der Waals surface area contributed by atoms with E-state index in [0.29, 0.717) is 23.3 Å². The van der Waals surface area contributed by atoms with Crippen molar-refractivity contribution in [2.75, 3.05) is 7.11 Å². The third-order valence-electron chi connectivity index (χ3n) is 6.71. The number of methoxy groups -OCH3 is 1. The predicted octanol–water partition coefficient (Wildman–Crippen LogP) is 3.34. The second kappa shape index (κ2) is 11.4. The van der Waals surface area contributed by atoms with Crippen LogP contribution in [-0.2, 0) is 28.6 Å². The first kappa shape index (κ1) is 25.4. The Bertz CT molecular complexity index is 1180. The van der Waals surface area contributed by atoms with E-state index < -0.39 is 11.6 Å². The molecule has 1 fully saturated rings. The molecule has 0 aliphatic heterocycles. The van der Waals surface area contributed by atoms with Crippen molar-refractivity contribution >= 4 is 11.8 Å². The van der Waals surface area contributed by atoms with Crippen LogP contribution in [0.15, 0.2) is 41.2 Å². The molecule has 2 N–H and O–H groups in total. The number of amides is 2. The lowest BCUT2D eigenvalue weighted by Gasteiger charge is -2.30. The van der Waals surface area contributed by atoms with Gasteiger partial charge in [0.2, 0.25) is 17.7 Å². The molecule has 0 saturated heterocycles. The van der Waals surface area contributed by atoms with E-state index in [9.17, 15) is 9.59 Å². The van der Waals surface area contributed by atoms with Crippen LogP contribution in [0.5, 0.6) is 5.75 Å². The number of nitrogens with zero attached hydrogens (tertiary/aromatic N) is 4. The summed E-state index contributed by atoms with van der Waals surface area (Å²) in [6.07, 6.45) is 9.75. The van der Waals surface area contributed by atoms with Gasteiger partial charge in [0.1, 0.15) is 23.2 Å². The Balaban J connectivity index is 1.47. The Hall–Kier alpha value is -3.69. The molecule has 10 nitrogen and oxygen atoms in total. The summed E-state index contributed by atoms with van der Waals surface area (Å²) in [6, 6.07) is 7.07. The Labute approximate surface area is 210 Å². The van der Waals surface area contributed by atoms with Gasteiger partial charge in [-0.1, -0.05) is 49.0 Å². The van der Waals surface area contributed by atoms with Gasteiger partial charge in [0, 0.05) is 44.8 Å². The van der Waals surface area contributed by atoms with Crippen molar-refractivity contribution in [2.45, 2.75) is 69.9 Å². The van der Waals surface area contributed by atoms with Crippen LogP contribution < -0.4 is 15.4 Å². The molecule has 0 bridgehead atoms. The number of benzene rings is 1. The van der Waals surface area contributed by atoms with Crippen molar-refractivity contribution in [1.29, 1.82) is 0 Å². The topological polar surface area (TPSA) is 124 Å². The Morgan fingerprint density at radius 3 is 2.61 bits per heavy atom. The Kier molecular flexibility index (Phi) is 8.02. The number of rotatable bonds is 9. The lowest BCUT2D eigenvalue weighted by atomic mass is 9.89. The number of para-hydroxylation sites is 1. The minimum atomic E-state index is -0.612. The van der Waals surface area contributed by atoms with Crippen molar-refractivity contribution in [2.24, 2.45) is 7.05 Å². The van der Waals surface area contributed by atoms with Crippen LogP contribution in [0.25, 0.3) is 0 Å². The van der Waals surface area contributed by atoms with Gasteiger partial charge < -0.3 is 24.5 Å². The summed E-state index contributed by atoms with van der Waals surface area (Å²) in [7, 11) is 3.49. The van der Waals surface area contributed by atoms with E-state index in [1.807, 2.05) is 42.1 Å². The van der Waals surface area contributed by atoms with Crippen molar-refractivity contribution in [3.05, 3.63) is 59.8 Å². The third-order valence-corrected chi connectivity index (χ3v) is 6.71. The standard InChI is InChI=1S/C26H34N6O4/c1-18(33)30-26(14-8-4-5-9-15-26)25-29-22(36-31-25)13-12-21(34)28-23(24-27-16-17-32(24)2)19-10-6-7-11-20(19)35-3/h6-7,10-11,16-17,23H,4-5,8-9,12-15H2,1-3H3,(H,28,34)(H,30,33). The van der Waals surface area contributed by atoms with Gasteiger partial charge in [0.25, 0.3) is 0 Å². The molecule has 1 saturated carbocycles. The zero-order valence-electron chi connectivity index (χ0n) is 21.1. The smallest absolute Gasteiger partial charge is 0.227 e. The van der Waals surface area contributed by atoms with Crippen LogP contribution in [0.3, 0.4) is 0 Å². The molecule has 1 aliphatic rings. The SMILES string of the molecule is COc1ccccc1C(NC(=O)CCc1nc(C2(NC(C)=O)CCCCCC2)no1)c1nccn1C. The lowest BCUT2D eigenvalue weighted by molar-refractivity contribution is -0.122. The molecule has 10 heteroatoms. The van der Waals surface area contributed by atoms with Crippen molar-refractivity contribution in [3.8, 4) is 5.75 Å². The molecule has 2 aromatic heterocycles. The first-order valence-electron chi connectivity index (χ1n) is 12.4. The fraction of sp³-hybridized carbons (Fsp3) is 0.500. The fourth-order valence-electron chi connectivity index (χ4n) is 4.92. The minimum Gasteiger partial charge on any atom is -0.496 e. The average molecular weight is 495 g/mol. The highest BCUT2D eigenvalue weighted by atomic mass is 16.5. The largest absolute Gasteiger partial charge is 0.496 e. The van der Waals surface area contributed by atoms with E-state index in [0.717, 1.165) is 44.1 Å². The molecule has 1 aliphatic carbocycles. The van der Waals surface area contributed by atoms with Crippen LogP contribution in [-0.4, -0.2) is 38.6 Å². The normalized spacial score (nSPS) is 16.1. The highest BCUT2D eigenvalue weighted by Crippen LogP contribution is 2.35. The Morgan fingerprint density at radius 1 is 1.19 bits per heavy atom. The maximum Gasteiger partial charge on any atom is 0.227 e. The van der Waals surface area contributed by atoms with Crippen molar-refractivity contribution < 1.29 is 18.8 Å². The number of imidazole rings is 1. The number of carbonyl (C=O) groups excluding carboxylic acids is 2. The highest BCUT2D eigenvalue weighted by Gasteiger charge is 2.38. The first-order chi connectivity index (χ1) is 17.4. The molecular formula is C26H34N6O4. The minimum absolute atomic E-state index is 0.112. The summed E-state index contributed by atoms with van der Waals surface area (Å²) < 4.78 is 12.9. The molecule has 1 unspecified atom stereocenters. The number of nitrogens with one attached hydrogen (secondary N) is 2. The average Bonchev–Trinajstić information content (AvgIpc) is 3.46. The molecule has 36 heavy (non-hydrogen) atoms. The second-order valence-electron chi connectivity index (χ2n) is 9.33. The van der Waals surface area contributed by atoms with E-state index in [1.54, 1.807) is 13.3 Å². The summed E-state index contributed by atoms with van der Waals surface area (Å²) in [6.45, 7) is 1.51. The lowest BCUT2D eigenvalue weighted by Crippen LogP contribution is -2.45. The van der Waals surface area contributed by atoms with E-state index in [-0.39, 0.29) is 24.7 Å². The number of ether oxygens (including phenoxy) is 1. The fourth-order valence-corrected chi connectivity index (χ4v) is 4.92. The van der Waals surface area contributed by atoms with Gasteiger partial charge in [-0.2, -0.15) is 4.98 Å². The predicted molar refractivity (Wildman–Crippen MR) is 132 cm³/mol. The van der Waals surface area contributed by atoms with Crippen LogP contribution in [0.4, 0.5) is 0 Å². The molecule has 2 heterocycles. The second-order valence-corrected chi connectivity index (χ2v) is 9.33. The zero-order valence-corrected chi connectivity index (χ0v) is 21.1. The molecule has 4 rings (SSSR count).